The van der Waals surface area contributed by atoms with Gasteiger partial charge in [-0.1, -0.05) is 0 Å². The van der Waals surface area contributed by atoms with Gasteiger partial charge in [-0.05, 0) is 43.3 Å². The molecule has 0 spiro atoms. The topological polar surface area (TPSA) is 27.1 Å². The van der Waals surface area contributed by atoms with Crippen molar-refractivity contribution in [1.82, 2.24) is 9.55 Å². The minimum atomic E-state index is -0.217. The number of pyridine rings is 1. The lowest BCUT2D eigenvalue weighted by atomic mass is 10.2. The number of nitrogens with zero attached hydrogens (tertiary/aromatic N) is 2. The van der Waals surface area contributed by atoms with Crippen LogP contribution >= 0.6 is 0 Å². The van der Waals surface area contributed by atoms with Crippen LogP contribution in [0.1, 0.15) is 12.6 Å². The fraction of sp³-hybridized carbons (Fsp3) is 0.188. The lowest BCUT2D eigenvalue weighted by Crippen LogP contribution is -2.04. The quantitative estimate of drug-likeness (QED) is 0.721. The summed E-state index contributed by atoms with van der Waals surface area (Å²) >= 11 is 0. The van der Waals surface area contributed by atoms with Crippen LogP contribution in [0.2, 0.25) is 0 Å². The maximum absolute atomic E-state index is 13.3. The third-order valence-electron chi connectivity index (χ3n) is 3.29. The van der Waals surface area contributed by atoms with Gasteiger partial charge in [0, 0.05) is 23.6 Å². The van der Waals surface area contributed by atoms with Crippen molar-refractivity contribution in [2.75, 3.05) is 0 Å². The first-order chi connectivity index (χ1) is 9.78. The molecule has 4 heteroatoms. The summed E-state index contributed by atoms with van der Waals surface area (Å²) in [6, 6.07) is 10.5. The van der Waals surface area contributed by atoms with E-state index in [0.29, 0.717) is 6.61 Å². The molecular formula is C16H15FN2O. The number of hydrogen-bond acceptors (Lipinski definition) is 2. The molecule has 3 aromatic rings. The monoisotopic (exact) mass is 270 g/mol. The smallest absolute Gasteiger partial charge is 0.138 e. The van der Waals surface area contributed by atoms with Gasteiger partial charge in [-0.3, -0.25) is 4.98 Å². The van der Waals surface area contributed by atoms with Crippen LogP contribution in [0, 0.1) is 5.82 Å². The van der Waals surface area contributed by atoms with Crippen molar-refractivity contribution in [3.63, 3.8) is 0 Å². The highest BCUT2D eigenvalue weighted by atomic mass is 19.1. The van der Waals surface area contributed by atoms with Gasteiger partial charge in [0.25, 0.3) is 0 Å². The highest BCUT2D eigenvalue weighted by Crippen LogP contribution is 2.22. The van der Waals surface area contributed by atoms with Crippen LogP contribution in [-0.2, 0) is 13.2 Å². The number of fused-ring (bicyclic) bond motifs is 1. The summed E-state index contributed by atoms with van der Waals surface area (Å²) in [4.78, 5) is 4.01. The zero-order valence-corrected chi connectivity index (χ0v) is 11.2. The van der Waals surface area contributed by atoms with E-state index in [9.17, 15) is 4.39 Å². The highest BCUT2D eigenvalue weighted by Gasteiger charge is 2.09. The Morgan fingerprint density at radius 1 is 1.25 bits per heavy atom. The lowest BCUT2D eigenvalue weighted by molar-refractivity contribution is 0.295. The molecule has 0 saturated heterocycles. The van der Waals surface area contributed by atoms with E-state index >= 15 is 0 Å². The second-order valence-electron chi connectivity index (χ2n) is 4.56. The first-order valence-corrected chi connectivity index (χ1v) is 6.58. The molecule has 0 radical (unpaired) electrons. The Hall–Kier alpha value is -2.36. The van der Waals surface area contributed by atoms with Crippen LogP contribution in [0.3, 0.4) is 0 Å². The summed E-state index contributed by atoms with van der Waals surface area (Å²) < 4.78 is 21.1. The van der Waals surface area contributed by atoms with Crippen LogP contribution in [0.15, 0.2) is 48.8 Å². The molecule has 0 N–H and O–H groups in total. The summed E-state index contributed by atoms with van der Waals surface area (Å²) in [6.45, 7) is 3.33. The summed E-state index contributed by atoms with van der Waals surface area (Å²) in [6.07, 6.45) is 3.39. The third-order valence-corrected chi connectivity index (χ3v) is 3.29. The van der Waals surface area contributed by atoms with Gasteiger partial charge in [0.15, 0.2) is 0 Å². The Morgan fingerprint density at radius 3 is 2.90 bits per heavy atom. The summed E-state index contributed by atoms with van der Waals surface area (Å²) in [5.41, 5.74) is 2.05. The molecule has 3 rings (SSSR count). The summed E-state index contributed by atoms with van der Waals surface area (Å²) in [5.74, 6) is 0.511. The van der Waals surface area contributed by atoms with Crippen LogP contribution < -0.4 is 4.74 Å². The van der Waals surface area contributed by atoms with Crippen molar-refractivity contribution in [3.05, 3.63) is 60.3 Å². The lowest BCUT2D eigenvalue weighted by Gasteiger charge is -2.09. The number of rotatable bonds is 4. The molecule has 1 aromatic carbocycles. The molecule has 2 heterocycles. The summed E-state index contributed by atoms with van der Waals surface area (Å²) in [5, 5.41) is 0.900. The molecule has 20 heavy (non-hydrogen) atoms. The van der Waals surface area contributed by atoms with Gasteiger partial charge in [0.1, 0.15) is 18.2 Å². The predicted octanol–water partition coefficient (Wildman–Crippen LogP) is 3.77. The number of aryl methyl sites for hydroxylation is 1. The molecule has 0 atom stereocenters. The molecule has 102 valence electrons. The fourth-order valence-electron chi connectivity index (χ4n) is 2.38. The van der Waals surface area contributed by atoms with E-state index in [1.54, 1.807) is 18.5 Å². The molecule has 0 bridgehead atoms. The maximum Gasteiger partial charge on any atom is 0.138 e. The van der Waals surface area contributed by atoms with Gasteiger partial charge in [-0.2, -0.15) is 0 Å². The van der Waals surface area contributed by atoms with E-state index in [2.05, 4.69) is 16.5 Å². The zero-order valence-electron chi connectivity index (χ0n) is 11.2. The molecule has 2 aromatic heterocycles. The van der Waals surface area contributed by atoms with E-state index < -0.39 is 0 Å². The van der Waals surface area contributed by atoms with Gasteiger partial charge in [-0.15, -0.1) is 0 Å². The second kappa shape index (κ2) is 5.33. The van der Waals surface area contributed by atoms with Crippen LogP contribution in [0.5, 0.6) is 5.75 Å². The largest absolute Gasteiger partial charge is 0.486 e. The molecule has 0 unspecified atom stereocenters. The first-order valence-electron chi connectivity index (χ1n) is 6.58. The van der Waals surface area contributed by atoms with Crippen LogP contribution in [0.4, 0.5) is 4.39 Å². The Bertz CT molecular complexity index is 722. The van der Waals surface area contributed by atoms with Crippen molar-refractivity contribution in [2.45, 2.75) is 20.1 Å². The van der Waals surface area contributed by atoms with Crippen LogP contribution in [-0.4, -0.2) is 9.55 Å². The fourth-order valence-corrected chi connectivity index (χ4v) is 2.38. The van der Waals surface area contributed by atoms with Gasteiger partial charge in [0.2, 0.25) is 0 Å². The zero-order chi connectivity index (χ0) is 13.9. The van der Waals surface area contributed by atoms with Crippen molar-refractivity contribution >= 4 is 10.9 Å². The molecule has 0 aliphatic rings. The average molecular weight is 270 g/mol. The van der Waals surface area contributed by atoms with Crippen LogP contribution in [0.25, 0.3) is 10.9 Å². The number of benzene rings is 1. The SMILES string of the molecule is CCn1c(COc2cccnc2)cc2cc(F)ccc21. The Morgan fingerprint density at radius 2 is 2.15 bits per heavy atom. The van der Waals surface area contributed by atoms with Crippen molar-refractivity contribution < 1.29 is 9.13 Å². The molecule has 0 saturated carbocycles. The Labute approximate surface area is 116 Å². The molecule has 0 aliphatic carbocycles. The first kappa shape index (κ1) is 12.7. The minimum Gasteiger partial charge on any atom is -0.486 e. The number of ether oxygens (including phenoxy) is 1. The maximum atomic E-state index is 13.3. The molecule has 0 fully saturated rings. The van der Waals surface area contributed by atoms with Crippen molar-refractivity contribution in [3.8, 4) is 5.75 Å². The number of aromatic nitrogens is 2. The Kier molecular flexibility index (Phi) is 3.37. The van der Waals surface area contributed by atoms with Gasteiger partial charge in [-0.25, -0.2) is 4.39 Å². The minimum absolute atomic E-state index is 0.217. The molecule has 0 aliphatic heterocycles. The second-order valence-corrected chi connectivity index (χ2v) is 4.56. The summed E-state index contributed by atoms with van der Waals surface area (Å²) in [7, 11) is 0. The highest BCUT2D eigenvalue weighted by molar-refractivity contribution is 5.81. The average Bonchev–Trinajstić information content (AvgIpc) is 2.82. The number of halogens is 1. The third kappa shape index (κ3) is 2.37. The van der Waals surface area contributed by atoms with Crippen molar-refractivity contribution in [1.29, 1.82) is 0 Å². The molecular weight excluding hydrogens is 255 g/mol. The van der Waals surface area contributed by atoms with E-state index in [4.69, 9.17) is 4.74 Å². The van der Waals surface area contributed by atoms with Gasteiger partial charge < -0.3 is 9.30 Å². The van der Waals surface area contributed by atoms with E-state index in [1.165, 1.54) is 6.07 Å². The van der Waals surface area contributed by atoms with Gasteiger partial charge in [0.05, 0.1) is 11.9 Å². The molecule has 0 amide bonds. The van der Waals surface area contributed by atoms with E-state index in [1.807, 2.05) is 24.3 Å². The molecule has 3 nitrogen and oxygen atoms in total. The van der Waals surface area contributed by atoms with Gasteiger partial charge >= 0.3 is 0 Å². The standard InChI is InChI=1S/C16H15FN2O/c1-2-19-14(11-20-15-4-3-7-18-10-15)9-12-8-13(17)5-6-16(12)19/h3-10H,2,11H2,1H3. The van der Waals surface area contributed by atoms with Crippen molar-refractivity contribution in [2.24, 2.45) is 0 Å². The Balaban J connectivity index is 1.91. The van der Waals surface area contributed by atoms with E-state index in [-0.39, 0.29) is 5.82 Å². The number of hydrogen-bond donors (Lipinski definition) is 0. The van der Waals surface area contributed by atoms with E-state index in [0.717, 1.165) is 28.9 Å². The normalized spacial score (nSPS) is 10.9. The predicted molar refractivity (Wildman–Crippen MR) is 76.1 cm³/mol.